The van der Waals surface area contributed by atoms with E-state index in [0.29, 0.717) is 11.3 Å². The zero-order valence-corrected chi connectivity index (χ0v) is 15.4. The fourth-order valence-electron chi connectivity index (χ4n) is 2.91. The van der Waals surface area contributed by atoms with Crippen LogP contribution in [0, 0.1) is 0 Å². The van der Waals surface area contributed by atoms with Gasteiger partial charge < -0.3 is 18.1 Å². The van der Waals surface area contributed by atoms with Gasteiger partial charge in [0.25, 0.3) is 0 Å². The molecule has 0 N–H and O–H groups in total. The van der Waals surface area contributed by atoms with Crippen molar-refractivity contribution in [3.8, 4) is 17.2 Å². The molecule has 0 fully saturated rings. The Morgan fingerprint density at radius 3 is 2.30 bits per heavy atom. The van der Waals surface area contributed by atoms with Crippen LogP contribution >= 0.6 is 0 Å². The van der Waals surface area contributed by atoms with Crippen molar-refractivity contribution in [2.45, 2.75) is 4.90 Å². The third-order valence-electron chi connectivity index (χ3n) is 4.19. The summed E-state index contributed by atoms with van der Waals surface area (Å²) in [6.45, 7) is 0. The topological polar surface area (TPSA) is 75.0 Å². The Bertz CT molecular complexity index is 1240. The van der Waals surface area contributed by atoms with Crippen molar-refractivity contribution >= 4 is 32.1 Å². The van der Waals surface area contributed by atoms with Gasteiger partial charge in [0, 0.05) is 16.8 Å². The van der Waals surface area contributed by atoms with Crippen LogP contribution in [0.1, 0.15) is 0 Å². The van der Waals surface area contributed by atoms with Crippen LogP contribution in [0.2, 0.25) is 0 Å². The van der Waals surface area contributed by atoms with Gasteiger partial charge in [0.15, 0.2) is 4.90 Å². The highest BCUT2D eigenvalue weighted by atomic mass is 32.2. The molecule has 0 radical (unpaired) electrons. The molecule has 0 aliphatic heterocycles. The molecule has 3 aromatic carbocycles. The minimum atomic E-state index is -4.13. The van der Waals surface area contributed by atoms with E-state index in [9.17, 15) is 8.42 Å². The van der Waals surface area contributed by atoms with Crippen LogP contribution in [0.4, 0.5) is 0 Å². The van der Waals surface area contributed by atoms with Crippen molar-refractivity contribution in [2.75, 3.05) is 14.2 Å². The Kier molecular flexibility index (Phi) is 4.16. The number of fused-ring (bicyclic) bond motifs is 3. The lowest BCUT2D eigenvalue weighted by Gasteiger charge is -2.12. The van der Waals surface area contributed by atoms with Gasteiger partial charge in [-0.15, -0.1) is 0 Å². The first kappa shape index (κ1) is 17.2. The fraction of sp³-hybridized carbons (Fsp3) is 0.100. The number of hydrogen-bond donors (Lipinski definition) is 0. The van der Waals surface area contributed by atoms with Gasteiger partial charge in [-0.1, -0.05) is 18.2 Å². The van der Waals surface area contributed by atoms with Gasteiger partial charge in [0.05, 0.1) is 14.2 Å². The molecule has 0 saturated carbocycles. The minimum absolute atomic E-state index is 0.110. The summed E-state index contributed by atoms with van der Waals surface area (Å²) in [5, 5.41) is 1.66. The standard InChI is InChI=1S/C20H16O6S/c1-23-13-7-10-19(24-2)20(12-13)27(21,22)26-14-8-9-18-16(11-14)15-5-3-4-6-17(15)25-18/h3-12H,1-2H3. The first-order valence-corrected chi connectivity index (χ1v) is 9.50. The maximum atomic E-state index is 12.8. The summed E-state index contributed by atoms with van der Waals surface area (Å²) in [4.78, 5) is -0.110. The Morgan fingerprint density at radius 1 is 0.778 bits per heavy atom. The molecule has 0 atom stereocenters. The largest absolute Gasteiger partial charge is 0.497 e. The quantitative estimate of drug-likeness (QED) is 0.476. The smallest absolute Gasteiger partial charge is 0.343 e. The van der Waals surface area contributed by atoms with Gasteiger partial charge >= 0.3 is 10.1 Å². The highest BCUT2D eigenvalue weighted by molar-refractivity contribution is 7.87. The average Bonchev–Trinajstić information content (AvgIpc) is 3.05. The van der Waals surface area contributed by atoms with E-state index >= 15 is 0 Å². The predicted molar refractivity (Wildman–Crippen MR) is 101 cm³/mol. The monoisotopic (exact) mass is 384 g/mol. The molecule has 0 spiro atoms. The van der Waals surface area contributed by atoms with E-state index in [0.717, 1.165) is 16.4 Å². The lowest BCUT2D eigenvalue weighted by atomic mass is 10.1. The molecule has 138 valence electrons. The van der Waals surface area contributed by atoms with Gasteiger partial charge in [-0.05, 0) is 36.4 Å². The summed E-state index contributed by atoms with van der Waals surface area (Å²) >= 11 is 0. The van der Waals surface area contributed by atoms with E-state index in [-0.39, 0.29) is 16.4 Å². The van der Waals surface area contributed by atoms with Crippen LogP contribution in [-0.4, -0.2) is 22.6 Å². The Labute approximate surface area is 156 Å². The van der Waals surface area contributed by atoms with Crippen molar-refractivity contribution in [2.24, 2.45) is 0 Å². The first-order chi connectivity index (χ1) is 13.0. The van der Waals surface area contributed by atoms with E-state index in [1.54, 1.807) is 24.3 Å². The SMILES string of the molecule is COc1ccc(OC)c(S(=O)(=O)Oc2ccc3oc4ccccc4c3c2)c1. The van der Waals surface area contributed by atoms with Crippen molar-refractivity contribution in [3.63, 3.8) is 0 Å². The second-order valence-electron chi connectivity index (χ2n) is 5.81. The molecule has 0 saturated heterocycles. The third-order valence-corrected chi connectivity index (χ3v) is 5.46. The van der Waals surface area contributed by atoms with E-state index in [1.807, 2.05) is 24.3 Å². The second kappa shape index (κ2) is 6.51. The van der Waals surface area contributed by atoms with Crippen molar-refractivity contribution in [3.05, 3.63) is 60.7 Å². The van der Waals surface area contributed by atoms with Crippen LogP contribution in [0.15, 0.2) is 70.0 Å². The normalized spacial score (nSPS) is 11.6. The summed E-state index contributed by atoms with van der Waals surface area (Å²) in [5.41, 5.74) is 1.38. The number of furan rings is 1. The number of benzene rings is 3. The molecule has 7 heteroatoms. The number of ether oxygens (including phenoxy) is 2. The molecular formula is C20H16O6S. The van der Waals surface area contributed by atoms with E-state index in [2.05, 4.69) is 0 Å². The van der Waals surface area contributed by atoms with Crippen LogP contribution in [0.5, 0.6) is 17.2 Å². The van der Waals surface area contributed by atoms with E-state index in [4.69, 9.17) is 18.1 Å². The summed E-state index contributed by atoms with van der Waals surface area (Å²) in [5.74, 6) is 0.735. The predicted octanol–water partition coefficient (Wildman–Crippen LogP) is 4.37. The molecule has 4 rings (SSSR count). The number of rotatable bonds is 5. The number of methoxy groups -OCH3 is 2. The van der Waals surface area contributed by atoms with E-state index < -0.39 is 10.1 Å². The molecule has 27 heavy (non-hydrogen) atoms. The first-order valence-electron chi connectivity index (χ1n) is 8.09. The third kappa shape index (κ3) is 3.06. The molecular weight excluding hydrogens is 368 g/mol. The molecule has 1 heterocycles. The molecule has 0 aliphatic carbocycles. The highest BCUT2D eigenvalue weighted by Gasteiger charge is 2.23. The number of para-hydroxylation sites is 1. The zero-order valence-electron chi connectivity index (χ0n) is 14.6. The van der Waals surface area contributed by atoms with Crippen molar-refractivity contribution in [1.29, 1.82) is 0 Å². The minimum Gasteiger partial charge on any atom is -0.497 e. The fourth-order valence-corrected chi connectivity index (χ4v) is 4.01. The van der Waals surface area contributed by atoms with E-state index in [1.165, 1.54) is 26.4 Å². The summed E-state index contributed by atoms with van der Waals surface area (Å²) in [6, 6.07) is 16.9. The van der Waals surface area contributed by atoms with Crippen LogP contribution in [0.3, 0.4) is 0 Å². The molecule has 0 amide bonds. The zero-order chi connectivity index (χ0) is 19.0. The van der Waals surface area contributed by atoms with Gasteiger partial charge in [0.2, 0.25) is 0 Å². The molecule has 0 unspecified atom stereocenters. The molecule has 0 bridgehead atoms. The second-order valence-corrected chi connectivity index (χ2v) is 7.33. The Morgan fingerprint density at radius 2 is 1.52 bits per heavy atom. The Hall–Kier alpha value is -3.19. The Balaban J connectivity index is 1.78. The average molecular weight is 384 g/mol. The molecule has 6 nitrogen and oxygen atoms in total. The maximum Gasteiger partial charge on any atom is 0.343 e. The van der Waals surface area contributed by atoms with Gasteiger partial charge in [-0.3, -0.25) is 0 Å². The van der Waals surface area contributed by atoms with Crippen LogP contribution in [0.25, 0.3) is 21.9 Å². The molecule has 0 aliphatic rings. The maximum absolute atomic E-state index is 12.8. The molecule has 4 aromatic rings. The summed E-state index contributed by atoms with van der Waals surface area (Å²) in [6.07, 6.45) is 0. The van der Waals surface area contributed by atoms with Crippen molar-refractivity contribution in [1.82, 2.24) is 0 Å². The van der Waals surface area contributed by atoms with Gasteiger partial charge in [0.1, 0.15) is 28.4 Å². The summed E-state index contributed by atoms with van der Waals surface area (Å²) in [7, 11) is -1.28. The molecule has 1 aromatic heterocycles. The van der Waals surface area contributed by atoms with Crippen LogP contribution in [-0.2, 0) is 10.1 Å². The number of hydrogen-bond acceptors (Lipinski definition) is 6. The van der Waals surface area contributed by atoms with Crippen LogP contribution < -0.4 is 13.7 Å². The lowest BCUT2D eigenvalue weighted by Crippen LogP contribution is -2.11. The van der Waals surface area contributed by atoms with Gasteiger partial charge in [-0.2, -0.15) is 8.42 Å². The lowest BCUT2D eigenvalue weighted by molar-refractivity contribution is 0.388. The highest BCUT2D eigenvalue weighted by Crippen LogP contribution is 2.34. The summed E-state index contributed by atoms with van der Waals surface area (Å²) < 4.78 is 47.0. The van der Waals surface area contributed by atoms with Gasteiger partial charge in [-0.25, -0.2) is 0 Å². The van der Waals surface area contributed by atoms with Crippen molar-refractivity contribution < 1.29 is 26.5 Å².